The lowest BCUT2D eigenvalue weighted by molar-refractivity contribution is -0.159. The Morgan fingerprint density at radius 3 is 2.50 bits per heavy atom. The molecule has 0 spiro atoms. The number of hydrazine groups is 1. The number of nitrogens with zero attached hydrogens (tertiary/aromatic N) is 1. The van der Waals surface area contributed by atoms with Crippen LogP contribution in [0.3, 0.4) is 0 Å². The number of imide groups is 1. The fourth-order valence-electron chi connectivity index (χ4n) is 1.29. The SMILES string of the molecule is CC1(C)C(=O)NC(=O)CN1C(=O)C(=O)NN. The van der Waals surface area contributed by atoms with Crippen LogP contribution in [0.25, 0.3) is 0 Å². The van der Waals surface area contributed by atoms with E-state index in [0.717, 1.165) is 4.90 Å². The molecule has 0 unspecified atom stereocenters. The molecule has 1 saturated heterocycles. The van der Waals surface area contributed by atoms with E-state index < -0.39 is 29.2 Å². The average molecular weight is 228 g/mol. The van der Waals surface area contributed by atoms with E-state index in [1.54, 1.807) is 5.43 Å². The second-order valence-electron chi connectivity index (χ2n) is 3.80. The number of carbonyl (C=O) groups excluding carboxylic acids is 4. The summed E-state index contributed by atoms with van der Waals surface area (Å²) in [5.41, 5.74) is 0.390. The van der Waals surface area contributed by atoms with E-state index >= 15 is 0 Å². The summed E-state index contributed by atoms with van der Waals surface area (Å²) in [7, 11) is 0. The highest BCUT2D eigenvalue weighted by Gasteiger charge is 2.45. The minimum absolute atomic E-state index is 0.356. The number of hydrogen-bond donors (Lipinski definition) is 3. The molecule has 0 radical (unpaired) electrons. The molecule has 0 saturated carbocycles. The highest BCUT2D eigenvalue weighted by atomic mass is 16.2. The Labute approximate surface area is 91.1 Å². The highest BCUT2D eigenvalue weighted by molar-refractivity contribution is 6.36. The average Bonchev–Trinajstić information content (AvgIpc) is 2.21. The summed E-state index contributed by atoms with van der Waals surface area (Å²) in [6, 6.07) is 0. The van der Waals surface area contributed by atoms with Gasteiger partial charge < -0.3 is 4.90 Å². The van der Waals surface area contributed by atoms with Crippen LogP contribution in [0.4, 0.5) is 0 Å². The van der Waals surface area contributed by atoms with Crippen molar-refractivity contribution in [3.63, 3.8) is 0 Å². The molecule has 0 atom stereocenters. The summed E-state index contributed by atoms with van der Waals surface area (Å²) in [5.74, 6) is 1.44. The van der Waals surface area contributed by atoms with Gasteiger partial charge in [0.15, 0.2) is 0 Å². The van der Waals surface area contributed by atoms with Gasteiger partial charge in [-0.05, 0) is 13.8 Å². The summed E-state index contributed by atoms with van der Waals surface area (Å²) in [6.45, 7) is 2.50. The molecule has 0 aromatic heterocycles. The molecule has 1 aliphatic heterocycles. The van der Waals surface area contributed by atoms with Crippen molar-refractivity contribution in [3.8, 4) is 0 Å². The first-order valence-corrected chi connectivity index (χ1v) is 4.47. The molecule has 1 aliphatic rings. The van der Waals surface area contributed by atoms with Gasteiger partial charge in [-0.1, -0.05) is 0 Å². The van der Waals surface area contributed by atoms with Gasteiger partial charge in [-0.25, -0.2) is 5.84 Å². The standard InChI is InChI=1S/C8H12N4O4/c1-8(2)7(16)10-4(13)3-12(8)6(15)5(14)11-9/h3,9H2,1-2H3,(H,11,14)(H,10,13,16). The predicted molar refractivity (Wildman–Crippen MR) is 51.3 cm³/mol. The Hall–Kier alpha value is -1.96. The van der Waals surface area contributed by atoms with E-state index in [2.05, 4.69) is 5.32 Å². The van der Waals surface area contributed by atoms with Gasteiger partial charge in [-0.15, -0.1) is 0 Å². The Morgan fingerprint density at radius 2 is 2.00 bits per heavy atom. The maximum Gasteiger partial charge on any atom is 0.323 e. The second kappa shape index (κ2) is 3.89. The van der Waals surface area contributed by atoms with Crippen molar-refractivity contribution in [3.05, 3.63) is 0 Å². The van der Waals surface area contributed by atoms with E-state index in [1.807, 2.05) is 0 Å². The molecule has 1 rings (SSSR count). The number of hydrogen-bond acceptors (Lipinski definition) is 5. The molecule has 8 heteroatoms. The molecule has 4 N–H and O–H groups in total. The Balaban J connectivity index is 3.01. The highest BCUT2D eigenvalue weighted by Crippen LogP contribution is 2.17. The Kier molecular flexibility index (Phi) is 2.95. The molecule has 16 heavy (non-hydrogen) atoms. The van der Waals surface area contributed by atoms with Crippen molar-refractivity contribution in [1.29, 1.82) is 0 Å². The number of piperazine rings is 1. The number of amides is 4. The van der Waals surface area contributed by atoms with E-state index in [-0.39, 0.29) is 6.54 Å². The lowest BCUT2D eigenvalue weighted by Gasteiger charge is -2.39. The van der Waals surface area contributed by atoms with Crippen molar-refractivity contribution >= 4 is 23.6 Å². The van der Waals surface area contributed by atoms with E-state index in [1.165, 1.54) is 13.8 Å². The third-order valence-corrected chi connectivity index (χ3v) is 2.36. The van der Waals surface area contributed by atoms with Gasteiger partial charge in [0, 0.05) is 0 Å². The molecular weight excluding hydrogens is 216 g/mol. The largest absolute Gasteiger partial charge is 0.323 e. The molecule has 4 amide bonds. The van der Waals surface area contributed by atoms with Gasteiger partial charge in [0.25, 0.3) is 5.91 Å². The van der Waals surface area contributed by atoms with Gasteiger partial charge in [0.2, 0.25) is 5.91 Å². The first-order valence-electron chi connectivity index (χ1n) is 4.47. The molecule has 88 valence electrons. The molecule has 1 fully saturated rings. The second-order valence-corrected chi connectivity index (χ2v) is 3.80. The molecular formula is C8H12N4O4. The van der Waals surface area contributed by atoms with Crippen LogP contribution in [0.15, 0.2) is 0 Å². The van der Waals surface area contributed by atoms with Crippen molar-refractivity contribution in [1.82, 2.24) is 15.6 Å². The quantitative estimate of drug-likeness (QED) is 0.136. The molecule has 0 aromatic carbocycles. The first kappa shape index (κ1) is 12.1. The van der Waals surface area contributed by atoms with Crippen LogP contribution in [0.5, 0.6) is 0 Å². The van der Waals surface area contributed by atoms with Crippen molar-refractivity contribution in [2.24, 2.45) is 5.84 Å². The van der Waals surface area contributed by atoms with Gasteiger partial charge >= 0.3 is 11.8 Å². The Bertz CT molecular complexity index is 376. The number of nitrogens with two attached hydrogens (primary N) is 1. The van der Waals surface area contributed by atoms with Gasteiger partial charge in [-0.3, -0.25) is 29.9 Å². The molecule has 0 bridgehead atoms. The predicted octanol–water partition coefficient (Wildman–Crippen LogP) is -2.76. The number of carbonyl (C=O) groups is 4. The summed E-state index contributed by atoms with van der Waals surface area (Å²) < 4.78 is 0. The van der Waals surface area contributed by atoms with Gasteiger partial charge in [0.05, 0.1) is 0 Å². The number of nitrogens with one attached hydrogen (secondary N) is 2. The third-order valence-electron chi connectivity index (χ3n) is 2.36. The van der Waals surface area contributed by atoms with Crippen LogP contribution in [0.2, 0.25) is 0 Å². The molecule has 0 aliphatic carbocycles. The van der Waals surface area contributed by atoms with Crippen LogP contribution >= 0.6 is 0 Å². The van der Waals surface area contributed by atoms with Gasteiger partial charge in [-0.2, -0.15) is 0 Å². The smallest absolute Gasteiger partial charge is 0.311 e. The third kappa shape index (κ3) is 1.87. The molecule has 0 aromatic rings. The van der Waals surface area contributed by atoms with Crippen molar-refractivity contribution < 1.29 is 19.2 Å². The minimum atomic E-state index is -1.27. The summed E-state index contributed by atoms with van der Waals surface area (Å²) in [4.78, 5) is 46.0. The van der Waals surface area contributed by atoms with Crippen LogP contribution in [-0.4, -0.2) is 40.6 Å². The van der Waals surface area contributed by atoms with Crippen LogP contribution < -0.4 is 16.6 Å². The maximum absolute atomic E-state index is 11.5. The fourth-order valence-corrected chi connectivity index (χ4v) is 1.29. The summed E-state index contributed by atoms with van der Waals surface area (Å²) >= 11 is 0. The van der Waals surface area contributed by atoms with E-state index in [4.69, 9.17) is 5.84 Å². The summed E-state index contributed by atoms with van der Waals surface area (Å²) in [6.07, 6.45) is 0. The minimum Gasteiger partial charge on any atom is -0.311 e. The lowest BCUT2D eigenvalue weighted by atomic mass is 9.98. The van der Waals surface area contributed by atoms with Crippen molar-refractivity contribution in [2.75, 3.05) is 6.54 Å². The van der Waals surface area contributed by atoms with Crippen LogP contribution in [0, 0.1) is 0 Å². The van der Waals surface area contributed by atoms with E-state index in [0.29, 0.717) is 0 Å². The normalized spacial score (nSPS) is 19.1. The first-order chi connectivity index (χ1) is 7.30. The topological polar surface area (TPSA) is 122 Å². The Morgan fingerprint density at radius 1 is 1.44 bits per heavy atom. The van der Waals surface area contributed by atoms with E-state index in [9.17, 15) is 19.2 Å². The maximum atomic E-state index is 11.5. The fraction of sp³-hybridized carbons (Fsp3) is 0.500. The zero-order valence-corrected chi connectivity index (χ0v) is 8.86. The lowest BCUT2D eigenvalue weighted by Crippen LogP contribution is -2.67. The van der Waals surface area contributed by atoms with Gasteiger partial charge in [0.1, 0.15) is 12.1 Å². The number of rotatable bonds is 0. The zero-order valence-electron chi connectivity index (χ0n) is 8.86. The monoisotopic (exact) mass is 228 g/mol. The molecule has 8 nitrogen and oxygen atoms in total. The van der Waals surface area contributed by atoms with Crippen molar-refractivity contribution in [2.45, 2.75) is 19.4 Å². The van der Waals surface area contributed by atoms with Crippen LogP contribution in [-0.2, 0) is 19.2 Å². The zero-order chi connectivity index (χ0) is 12.5. The molecule has 1 heterocycles. The van der Waals surface area contributed by atoms with Crippen LogP contribution in [0.1, 0.15) is 13.8 Å². The summed E-state index contributed by atoms with van der Waals surface area (Å²) in [5, 5.41) is 2.08.